The summed E-state index contributed by atoms with van der Waals surface area (Å²) in [5.74, 6) is 1.44. The number of nitrogens with one attached hydrogen (secondary N) is 1. The second-order valence-corrected chi connectivity index (χ2v) is 10.8. The van der Waals surface area contributed by atoms with Crippen LogP contribution in [0.25, 0.3) is 0 Å². The Balaban J connectivity index is 1.49. The van der Waals surface area contributed by atoms with Crippen LogP contribution in [-0.2, 0) is 21.9 Å². The molecule has 1 aliphatic heterocycles. The number of halogens is 1. The van der Waals surface area contributed by atoms with Crippen LogP contribution in [0, 0.1) is 0 Å². The van der Waals surface area contributed by atoms with Crippen LogP contribution in [0.1, 0.15) is 49.4 Å². The molecule has 40 heavy (non-hydrogen) atoms. The van der Waals surface area contributed by atoms with Crippen LogP contribution in [0.2, 0.25) is 5.02 Å². The third-order valence-electron chi connectivity index (χ3n) is 6.55. The summed E-state index contributed by atoms with van der Waals surface area (Å²) in [5.41, 5.74) is 3.86. The number of thioether (sulfide) groups is 1. The lowest BCUT2D eigenvalue weighted by atomic mass is 9.95. The van der Waals surface area contributed by atoms with Crippen LogP contribution in [0.15, 0.2) is 95.3 Å². The quantitative estimate of drug-likeness (QED) is 0.113. The lowest BCUT2D eigenvalue weighted by molar-refractivity contribution is -0.140. The first-order chi connectivity index (χ1) is 19.5. The van der Waals surface area contributed by atoms with Crippen molar-refractivity contribution in [2.75, 3.05) is 11.9 Å². The minimum absolute atomic E-state index is 0.168. The molecule has 1 unspecified atom stereocenters. The van der Waals surface area contributed by atoms with Gasteiger partial charge < -0.3 is 14.8 Å². The molecule has 1 atom stereocenters. The average molecular weight is 575 g/mol. The monoisotopic (exact) mass is 574 g/mol. The van der Waals surface area contributed by atoms with E-state index in [0.29, 0.717) is 45.5 Å². The number of ether oxygens (including phenoxy) is 2. The van der Waals surface area contributed by atoms with E-state index in [1.165, 1.54) is 11.8 Å². The van der Waals surface area contributed by atoms with E-state index in [2.05, 4.69) is 12.2 Å². The standard InChI is InChI=1S/C31H31ClN4O3S/c1-3-4-18-38-26-17-11-9-15-24(26)28-27(29(37)39-19-22-12-6-5-7-13-22)21(2)33-30-34-31(35-36(28)30)40-20-23-14-8-10-16-25(23)32/h5-17,28H,3-4,18-20H2,1-2H3,(H,33,34,35). The largest absolute Gasteiger partial charge is 0.493 e. The lowest BCUT2D eigenvalue weighted by Gasteiger charge is -2.29. The van der Waals surface area contributed by atoms with E-state index < -0.39 is 12.0 Å². The molecule has 1 aliphatic rings. The van der Waals surface area contributed by atoms with Gasteiger partial charge in [-0.25, -0.2) is 9.48 Å². The Morgan fingerprint density at radius 1 is 1.05 bits per heavy atom. The molecule has 0 radical (unpaired) electrons. The molecule has 0 spiro atoms. The molecular weight excluding hydrogens is 544 g/mol. The number of allylic oxidation sites excluding steroid dienone is 1. The summed E-state index contributed by atoms with van der Waals surface area (Å²) < 4.78 is 13.7. The number of unbranched alkanes of at least 4 members (excludes halogenated alkanes) is 1. The second-order valence-electron chi connectivity index (χ2n) is 9.41. The fourth-order valence-electron chi connectivity index (χ4n) is 4.47. The normalized spacial score (nSPS) is 14.4. The van der Waals surface area contributed by atoms with Gasteiger partial charge in [0.1, 0.15) is 18.4 Å². The van der Waals surface area contributed by atoms with Gasteiger partial charge in [0.15, 0.2) is 0 Å². The number of hydrogen-bond donors (Lipinski definition) is 1. The Labute approximate surface area is 243 Å². The van der Waals surface area contributed by atoms with E-state index in [4.69, 9.17) is 31.2 Å². The van der Waals surface area contributed by atoms with Gasteiger partial charge in [0.25, 0.3) is 0 Å². The summed E-state index contributed by atoms with van der Waals surface area (Å²) in [7, 11) is 0. The topological polar surface area (TPSA) is 78.3 Å². The van der Waals surface area contributed by atoms with E-state index in [0.717, 1.165) is 29.5 Å². The zero-order valence-corrected chi connectivity index (χ0v) is 24.0. The van der Waals surface area contributed by atoms with Gasteiger partial charge in [-0.1, -0.05) is 103 Å². The summed E-state index contributed by atoms with van der Waals surface area (Å²) >= 11 is 7.85. The first-order valence-corrected chi connectivity index (χ1v) is 14.6. The fourth-order valence-corrected chi connectivity index (χ4v) is 5.58. The highest BCUT2D eigenvalue weighted by atomic mass is 35.5. The van der Waals surface area contributed by atoms with Crippen molar-refractivity contribution in [3.63, 3.8) is 0 Å². The summed E-state index contributed by atoms with van der Waals surface area (Å²) in [6, 6.07) is 24.6. The molecule has 5 rings (SSSR count). The Hall–Kier alpha value is -3.75. The van der Waals surface area contributed by atoms with Crippen molar-refractivity contribution < 1.29 is 14.3 Å². The number of para-hydroxylation sites is 1. The highest BCUT2D eigenvalue weighted by molar-refractivity contribution is 7.98. The summed E-state index contributed by atoms with van der Waals surface area (Å²) in [4.78, 5) is 18.4. The molecule has 0 amide bonds. The summed E-state index contributed by atoms with van der Waals surface area (Å²) in [5, 5.41) is 9.40. The van der Waals surface area contributed by atoms with Gasteiger partial charge in [0.2, 0.25) is 11.1 Å². The Kier molecular flexibility index (Phi) is 9.08. The van der Waals surface area contributed by atoms with Crippen molar-refractivity contribution >= 4 is 35.3 Å². The number of aromatic nitrogens is 3. The van der Waals surface area contributed by atoms with Crippen LogP contribution in [0.4, 0.5) is 5.95 Å². The number of rotatable bonds is 11. The van der Waals surface area contributed by atoms with Crippen LogP contribution in [-0.4, -0.2) is 27.3 Å². The summed E-state index contributed by atoms with van der Waals surface area (Å²) in [6.45, 7) is 4.74. The van der Waals surface area contributed by atoms with Crippen LogP contribution >= 0.6 is 23.4 Å². The third-order valence-corrected chi connectivity index (χ3v) is 7.80. The van der Waals surface area contributed by atoms with E-state index >= 15 is 0 Å². The minimum atomic E-state index is -0.584. The van der Waals surface area contributed by atoms with Gasteiger partial charge in [-0.2, -0.15) is 4.98 Å². The SMILES string of the molecule is CCCCOc1ccccc1C1C(C(=O)OCc2ccccc2)=C(C)Nc2nc(SCc3ccccc3Cl)nn21. The van der Waals surface area contributed by atoms with Crippen LogP contribution in [0.3, 0.4) is 0 Å². The predicted octanol–water partition coefficient (Wildman–Crippen LogP) is 7.44. The number of nitrogens with zero attached hydrogens (tertiary/aromatic N) is 3. The first-order valence-electron chi connectivity index (χ1n) is 13.3. The van der Waals surface area contributed by atoms with Gasteiger partial charge in [0.05, 0.1) is 12.2 Å². The lowest BCUT2D eigenvalue weighted by Crippen LogP contribution is -2.30. The molecule has 1 aromatic heterocycles. The van der Waals surface area contributed by atoms with E-state index in [-0.39, 0.29) is 6.61 Å². The minimum Gasteiger partial charge on any atom is -0.493 e. The molecule has 9 heteroatoms. The molecule has 0 fully saturated rings. The van der Waals surface area contributed by atoms with Crippen molar-refractivity contribution in [2.24, 2.45) is 0 Å². The maximum atomic E-state index is 13.7. The van der Waals surface area contributed by atoms with Gasteiger partial charge in [-0.3, -0.25) is 0 Å². The smallest absolute Gasteiger partial charge is 0.338 e. The van der Waals surface area contributed by atoms with Crippen LogP contribution < -0.4 is 10.1 Å². The van der Waals surface area contributed by atoms with Gasteiger partial charge in [-0.05, 0) is 36.6 Å². The van der Waals surface area contributed by atoms with E-state index in [9.17, 15) is 4.79 Å². The Morgan fingerprint density at radius 2 is 1.80 bits per heavy atom. The number of carbonyl (C=O) groups excluding carboxylic acids is 1. The molecule has 0 bridgehead atoms. The maximum Gasteiger partial charge on any atom is 0.338 e. The highest BCUT2D eigenvalue weighted by Gasteiger charge is 2.37. The van der Waals surface area contributed by atoms with Crippen molar-refractivity contribution in [1.82, 2.24) is 14.8 Å². The van der Waals surface area contributed by atoms with Crippen molar-refractivity contribution in [3.8, 4) is 5.75 Å². The molecule has 206 valence electrons. The van der Waals surface area contributed by atoms with Gasteiger partial charge >= 0.3 is 5.97 Å². The maximum absolute atomic E-state index is 13.7. The van der Waals surface area contributed by atoms with Crippen LogP contribution in [0.5, 0.6) is 5.75 Å². The molecule has 4 aromatic rings. The first kappa shape index (κ1) is 27.8. The number of anilines is 1. The predicted molar refractivity (Wildman–Crippen MR) is 159 cm³/mol. The molecule has 2 heterocycles. The Bertz CT molecular complexity index is 1510. The average Bonchev–Trinajstić information content (AvgIpc) is 3.38. The van der Waals surface area contributed by atoms with Gasteiger partial charge in [-0.15, -0.1) is 5.10 Å². The zero-order valence-electron chi connectivity index (χ0n) is 22.5. The van der Waals surface area contributed by atoms with Crippen molar-refractivity contribution in [1.29, 1.82) is 0 Å². The molecule has 3 aromatic carbocycles. The molecule has 0 aliphatic carbocycles. The van der Waals surface area contributed by atoms with Crippen molar-refractivity contribution in [2.45, 2.75) is 50.2 Å². The third kappa shape index (κ3) is 6.35. The van der Waals surface area contributed by atoms with Gasteiger partial charge in [0, 0.05) is 22.0 Å². The fraction of sp³-hybridized carbons (Fsp3) is 0.258. The molecule has 0 saturated heterocycles. The Morgan fingerprint density at radius 3 is 2.60 bits per heavy atom. The zero-order chi connectivity index (χ0) is 27.9. The molecule has 7 nitrogen and oxygen atoms in total. The molecule has 1 N–H and O–H groups in total. The number of carbonyl (C=O) groups is 1. The number of esters is 1. The number of fused-ring (bicyclic) bond motifs is 1. The number of benzene rings is 3. The van der Waals surface area contributed by atoms with E-state index in [1.54, 1.807) is 4.68 Å². The highest BCUT2D eigenvalue weighted by Crippen LogP contribution is 2.40. The van der Waals surface area contributed by atoms with Crippen molar-refractivity contribution in [3.05, 3.63) is 112 Å². The molecular formula is C31H31ClN4O3S. The van der Waals surface area contributed by atoms with E-state index in [1.807, 2.05) is 85.8 Å². The molecule has 0 saturated carbocycles. The number of hydrogen-bond acceptors (Lipinski definition) is 7. The second kappa shape index (κ2) is 13.1. The summed E-state index contributed by atoms with van der Waals surface area (Å²) in [6.07, 6.45) is 1.95.